The van der Waals surface area contributed by atoms with Gasteiger partial charge in [0.15, 0.2) is 0 Å². The third-order valence-corrected chi connectivity index (χ3v) is 2.83. The van der Waals surface area contributed by atoms with Crippen LogP contribution in [-0.2, 0) is 4.79 Å². The first-order valence-corrected chi connectivity index (χ1v) is 6.90. The molecule has 0 bridgehead atoms. The quantitative estimate of drug-likeness (QED) is 0.665. The monoisotopic (exact) mass is 278 g/mol. The minimum absolute atomic E-state index is 0.0251. The van der Waals surface area contributed by atoms with Crippen molar-refractivity contribution in [2.75, 3.05) is 11.9 Å². The van der Waals surface area contributed by atoms with Gasteiger partial charge in [0.25, 0.3) is 0 Å². The summed E-state index contributed by atoms with van der Waals surface area (Å²) in [5.41, 5.74) is 2.96. The Hall–Kier alpha value is -2.73. The van der Waals surface area contributed by atoms with Crippen molar-refractivity contribution in [3.63, 3.8) is 0 Å². The summed E-state index contributed by atoms with van der Waals surface area (Å²) in [6.45, 7) is 2.09. The average Bonchev–Trinajstić information content (AvgIpc) is 2.49. The van der Waals surface area contributed by atoms with Gasteiger partial charge in [0.1, 0.15) is 0 Å². The van der Waals surface area contributed by atoms with Crippen molar-refractivity contribution < 1.29 is 4.79 Å². The van der Waals surface area contributed by atoms with Gasteiger partial charge in [0, 0.05) is 31.1 Å². The summed E-state index contributed by atoms with van der Waals surface area (Å²) in [4.78, 5) is 10.8. The van der Waals surface area contributed by atoms with Gasteiger partial charge in [-0.2, -0.15) is 0 Å². The third kappa shape index (κ3) is 5.04. The number of hydrogen-bond donors (Lipinski definition) is 2. The van der Waals surface area contributed by atoms with Gasteiger partial charge in [-0.3, -0.25) is 4.79 Å². The number of benzene rings is 2. The molecule has 2 N–H and O–H groups in total. The van der Waals surface area contributed by atoms with Crippen molar-refractivity contribution in [1.82, 2.24) is 5.32 Å². The van der Waals surface area contributed by atoms with Gasteiger partial charge in [-0.25, -0.2) is 0 Å². The first kappa shape index (κ1) is 14.7. The molecule has 0 fully saturated rings. The molecule has 0 atom stereocenters. The lowest BCUT2D eigenvalue weighted by Gasteiger charge is -2.08. The lowest BCUT2D eigenvalue weighted by Crippen LogP contribution is -2.20. The minimum atomic E-state index is -0.0251. The number of carbonyl (C=O) groups excluding carboxylic acids is 1. The summed E-state index contributed by atoms with van der Waals surface area (Å²) in [5, 5.41) is 6.09. The zero-order valence-corrected chi connectivity index (χ0v) is 12.0. The SMILES string of the molecule is CC(=O)NCCC#Cc1ccccc1Nc1ccccc1. The molecule has 2 rings (SSSR count). The zero-order chi connectivity index (χ0) is 14.9. The molecular formula is C18H18N2O. The summed E-state index contributed by atoms with van der Waals surface area (Å²) in [7, 11) is 0. The summed E-state index contributed by atoms with van der Waals surface area (Å²) in [6.07, 6.45) is 0.638. The molecule has 2 aromatic rings. The van der Waals surface area contributed by atoms with Gasteiger partial charge >= 0.3 is 0 Å². The van der Waals surface area contributed by atoms with Gasteiger partial charge in [-0.15, -0.1) is 0 Å². The maximum Gasteiger partial charge on any atom is 0.216 e. The number of rotatable bonds is 4. The number of hydrogen-bond acceptors (Lipinski definition) is 2. The Bertz CT molecular complexity index is 654. The Kier molecular flexibility index (Phi) is 5.42. The first-order valence-electron chi connectivity index (χ1n) is 6.90. The van der Waals surface area contributed by atoms with E-state index >= 15 is 0 Å². The molecule has 21 heavy (non-hydrogen) atoms. The van der Waals surface area contributed by atoms with Crippen LogP contribution in [0, 0.1) is 11.8 Å². The highest BCUT2D eigenvalue weighted by Gasteiger charge is 1.98. The molecule has 3 heteroatoms. The average molecular weight is 278 g/mol. The van der Waals surface area contributed by atoms with E-state index in [1.807, 2.05) is 54.6 Å². The zero-order valence-electron chi connectivity index (χ0n) is 12.0. The van der Waals surface area contributed by atoms with Crippen LogP contribution in [0.4, 0.5) is 11.4 Å². The molecule has 0 aromatic heterocycles. The van der Waals surface area contributed by atoms with Gasteiger partial charge in [-0.1, -0.05) is 42.2 Å². The Balaban J connectivity index is 2.03. The molecule has 2 aromatic carbocycles. The highest BCUT2D eigenvalue weighted by atomic mass is 16.1. The van der Waals surface area contributed by atoms with E-state index in [1.54, 1.807) is 0 Å². The fraction of sp³-hybridized carbons (Fsp3) is 0.167. The van der Waals surface area contributed by atoms with Crippen molar-refractivity contribution >= 4 is 17.3 Å². The standard InChI is InChI=1S/C18H18N2O/c1-15(21)19-14-8-7-10-16-9-5-6-13-18(16)20-17-11-3-2-4-12-17/h2-6,9,11-13,20H,8,14H2,1H3,(H,19,21). The summed E-state index contributed by atoms with van der Waals surface area (Å²) in [6, 6.07) is 17.9. The molecule has 1 amide bonds. The Morgan fingerprint density at radius 2 is 1.76 bits per heavy atom. The number of anilines is 2. The molecule has 0 heterocycles. The predicted octanol–water partition coefficient (Wildman–Crippen LogP) is 3.31. The molecule has 0 spiro atoms. The molecule has 106 valence electrons. The van der Waals surface area contributed by atoms with Crippen LogP contribution in [0.25, 0.3) is 0 Å². The second kappa shape index (κ2) is 7.76. The second-order valence-corrected chi connectivity index (χ2v) is 4.57. The van der Waals surface area contributed by atoms with E-state index < -0.39 is 0 Å². The number of amides is 1. The van der Waals surface area contributed by atoms with E-state index in [0.717, 1.165) is 16.9 Å². The number of nitrogens with one attached hydrogen (secondary N) is 2. The van der Waals surface area contributed by atoms with E-state index in [4.69, 9.17) is 0 Å². The van der Waals surface area contributed by atoms with Crippen LogP contribution in [0.1, 0.15) is 18.9 Å². The fourth-order valence-electron chi connectivity index (χ4n) is 1.84. The van der Waals surface area contributed by atoms with E-state index in [2.05, 4.69) is 22.5 Å². The summed E-state index contributed by atoms with van der Waals surface area (Å²) < 4.78 is 0. The van der Waals surface area contributed by atoms with Gasteiger partial charge in [0.2, 0.25) is 5.91 Å². The second-order valence-electron chi connectivity index (χ2n) is 4.57. The fourth-order valence-corrected chi connectivity index (χ4v) is 1.84. The maximum atomic E-state index is 10.8. The lowest BCUT2D eigenvalue weighted by atomic mass is 10.1. The molecule has 0 unspecified atom stereocenters. The van der Waals surface area contributed by atoms with Crippen molar-refractivity contribution in [2.24, 2.45) is 0 Å². The van der Waals surface area contributed by atoms with Crippen LogP contribution >= 0.6 is 0 Å². The van der Waals surface area contributed by atoms with Crippen molar-refractivity contribution in [3.8, 4) is 11.8 Å². The van der Waals surface area contributed by atoms with Gasteiger partial charge < -0.3 is 10.6 Å². The largest absolute Gasteiger partial charge is 0.355 e. The molecule has 0 saturated carbocycles. The van der Waals surface area contributed by atoms with Crippen LogP contribution in [0.2, 0.25) is 0 Å². The van der Waals surface area contributed by atoms with Crippen LogP contribution in [-0.4, -0.2) is 12.5 Å². The Morgan fingerprint density at radius 1 is 1.05 bits per heavy atom. The van der Waals surface area contributed by atoms with Crippen LogP contribution in [0.3, 0.4) is 0 Å². The molecule has 0 aliphatic rings. The Morgan fingerprint density at radius 3 is 2.52 bits per heavy atom. The summed E-state index contributed by atoms with van der Waals surface area (Å²) in [5.74, 6) is 6.20. The highest BCUT2D eigenvalue weighted by Crippen LogP contribution is 2.19. The van der Waals surface area contributed by atoms with Gasteiger partial charge in [-0.05, 0) is 24.3 Å². The van der Waals surface area contributed by atoms with Gasteiger partial charge in [0.05, 0.1) is 5.69 Å². The van der Waals surface area contributed by atoms with E-state index in [-0.39, 0.29) is 5.91 Å². The maximum absolute atomic E-state index is 10.8. The van der Waals surface area contributed by atoms with E-state index in [1.165, 1.54) is 6.92 Å². The van der Waals surface area contributed by atoms with Crippen LogP contribution in [0.15, 0.2) is 54.6 Å². The predicted molar refractivity (Wildman–Crippen MR) is 86.3 cm³/mol. The Labute approximate surface area is 125 Å². The highest BCUT2D eigenvalue weighted by molar-refractivity contribution is 5.72. The normalized spacial score (nSPS) is 9.38. The molecular weight excluding hydrogens is 260 g/mol. The first-order chi connectivity index (χ1) is 10.3. The smallest absolute Gasteiger partial charge is 0.216 e. The van der Waals surface area contributed by atoms with E-state index in [0.29, 0.717) is 13.0 Å². The van der Waals surface area contributed by atoms with Crippen molar-refractivity contribution in [1.29, 1.82) is 0 Å². The minimum Gasteiger partial charge on any atom is -0.355 e. The lowest BCUT2D eigenvalue weighted by molar-refractivity contribution is -0.118. The third-order valence-electron chi connectivity index (χ3n) is 2.83. The molecule has 0 aliphatic heterocycles. The number of carbonyl (C=O) groups is 1. The topological polar surface area (TPSA) is 41.1 Å². The van der Waals surface area contributed by atoms with E-state index in [9.17, 15) is 4.79 Å². The van der Waals surface area contributed by atoms with Crippen molar-refractivity contribution in [2.45, 2.75) is 13.3 Å². The van der Waals surface area contributed by atoms with Crippen molar-refractivity contribution in [3.05, 3.63) is 60.2 Å². The molecule has 0 saturated heterocycles. The van der Waals surface area contributed by atoms with Crippen LogP contribution in [0.5, 0.6) is 0 Å². The van der Waals surface area contributed by atoms with Crippen LogP contribution < -0.4 is 10.6 Å². The molecule has 0 aliphatic carbocycles. The molecule has 0 radical (unpaired) electrons. The summed E-state index contributed by atoms with van der Waals surface area (Å²) >= 11 is 0. The molecule has 3 nitrogen and oxygen atoms in total. The number of para-hydroxylation sites is 2.